The minimum atomic E-state index is -0.707. The van der Waals surface area contributed by atoms with Crippen LogP contribution in [0.3, 0.4) is 0 Å². The zero-order valence-electron chi connectivity index (χ0n) is 37.2. The highest BCUT2D eigenvalue weighted by molar-refractivity contribution is 5.99. The maximum absolute atomic E-state index is 14.0. The molecule has 0 atom stereocenters. The predicted octanol–water partition coefficient (Wildman–Crippen LogP) is 9.50. The van der Waals surface area contributed by atoms with Gasteiger partial charge in [-0.1, -0.05) is 49.4 Å². The number of piperidine rings is 1. The molecule has 2 fully saturated rings. The van der Waals surface area contributed by atoms with Gasteiger partial charge < -0.3 is 42.4 Å². The van der Waals surface area contributed by atoms with Crippen LogP contribution in [0.1, 0.15) is 93.8 Å². The Bertz CT molecular complexity index is 2650. The number of nitrogens with two attached hydrogens (primary N) is 2. The van der Waals surface area contributed by atoms with Crippen molar-refractivity contribution in [1.82, 2.24) is 14.9 Å². The summed E-state index contributed by atoms with van der Waals surface area (Å²) in [6.45, 7) is 5.20. The van der Waals surface area contributed by atoms with Gasteiger partial charge in [-0.25, -0.2) is 23.1 Å². The number of aromatic nitrogens is 2. The molecule has 8 rings (SSSR count). The van der Waals surface area contributed by atoms with Gasteiger partial charge in [0.15, 0.2) is 0 Å². The number of benzene rings is 4. The second kappa shape index (κ2) is 22.6. The Labute approximate surface area is 387 Å². The second-order valence-corrected chi connectivity index (χ2v) is 16.4. The first-order valence-corrected chi connectivity index (χ1v) is 22.3. The van der Waals surface area contributed by atoms with Crippen molar-refractivity contribution in [3.63, 3.8) is 0 Å². The summed E-state index contributed by atoms with van der Waals surface area (Å²) in [6.07, 6.45) is 7.22. The lowest BCUT2D eigenvalue weighted by Crippen LogP contribution is -2.37. The first kappa shape index (κ1) is 47.5. The van der Waals surface area contributed by atoms with Crippen LogP contribution in [0.4, 0.5) is 47.6 Å². The largest absolute Gasteiger partial charge is 0.381 e. The van der Waals surface area contributed by atoms with E-state index in [-0.39, 0.29) is 35.0 Å². The van der Waals surface area contributed by atoms with Gasteiger partial charge in [0.25, 0.3) is 11.8 Å². The van der Waals surface area contributed by atoms with Crippen LogP contribution in [0.2, 0.25) is 0 Å². The number of halogens is 3. The monoisotopic (exact) mass is 913 g/mol. The Morgan fingerprint density at radius 1 is 0.657 bits per heavy atom. The molecule has 0 spiro atoms. The molecule has 2 aliphatic heterocycles. The standard InChI is InChI=1S/C27H29F2N5O2.C24H25FN4O2/c1-2-26(35)34-12-10-18(11-13-34)17-6-8-19(9-7-17)33-25-14-24(21(16-32-25)27(30)36)31-15-20-22(28)4-3-5-23(20)29;25-19-5-1-3-16(11-19)14-27-22-13-23(28-15-21(22)24(26)30)29-20-6-2-4-18(12-20)17-7-9-31-10-8-17/h3-9,14,16,18H,2,10-13,15H2,1H3,(H2,30,36)(H2,31,32,33);1-6,11-13,15,17H,7-10,14H2,(H2,26,30)(H2,27,28,29). The summed E-state index contributed by atoms with van der Waals surface area (Å²) in [7, 11) is 0. The maximum atomic E-state index is 14.0. The smallest absolute Gasteiger partial charge is 0.252 e. The Balaban J connectivity index is 0.000000201. The number of primary amides is 2. The molecule has 3 amide bonds. The molecule has 16 heteroatoms. The average molecular weight is 914 g/mol. The van der Waals surface area contributed by atoms with Gasteiger partial charge in [0.1, 0.15) is 29.1 Å². The molecule has 8 N–H and O–H groups in total. The molecule has 0 radical (unpaired) electrons. The first-order valence-electron chi connectivity index (χ1n) is 22.3. The molecule has 4 heterocycles. The van der Waals surface area contributed by atoms with Gasteiger partial charge in [0.2, 0.25) is 5.91 Å². The Hall–Kier alpha value is -7.46. The number of carbonyl (C=O) groups is 3. The number of anilines is 6. The number of pyridine rings is 2. The third-order valence-electron chi connectivity index (χ3n) is 11.9. The lowest BCUT2D eigenvalue weighted by Gasteiger charge is -2.32. The van der Waals surface area contributed by atoms with E-state index in [1.807, 2.05) is 42.2 Å². The molecule has 2 saturated heterocycles. The van der Waals surface area contributed by atoms with Gasteiger partial charge in [-0.15, -0.1) is 0 Å². The van der Waals surface area contributed by atoms with Crippen molar-refractivity contribution in [3.8, 4) is 0 Å². The fourth-order valence-electron chi connectivity index (χ4n) is 8.18. The lowest BCUT2D eigenvalue weighted by molar-refractivity contribution is -0.131. The van der Waals surface area contributed by atoms with Crippen molar-refractivity contribution < 1.29 is 32.3 Å². The fraction of sp³-hybridized carbons (Fsp3) is 0.275. The molecular formula is C51H54F3N9O4. The zero-order valence-corrected chi connectivity index (χ0v) is 37.2. The predicted molar refractivity (Wildman–Crippen MR) is 254 cm³/mol. The summed E-state index contributed by atoms with van der Waals surface area (Å²) in [5, 5.41) is 12.6. The molecule has 6 aromatic rings. The van der Waals surface area contributed by atoms with Crippen molar-refractivity contribution in [2.24, 2.45) is 11.5 Å². The van der Waals surface area contributed by atoms with Gasteiger partial charge in [-0.3, -0.25) is 14.4 Å². The maximum Gasteiger partial charge on any atom is 0.252 e. The van der Waals surface area contributed by atoms with E-state index in [2.05, 4.69) is 55.5 Å². The highest BCUT2D eigenvalue weighted by Crippen LogP contribution is 2.32. The van der Waals surface area contributed by atoms with Crippen LogP contribution in [0.25, 0.3) is 0 Å². The fourth-order valence-corrected chi connectivity index (χ4v) is 8.18. The number of nitrogens with one attached hydrogen (secondary N) is 4. The summed E-state index contributed by atoms with van der Waals surface area (Å²) >= 11 is 0. The number of nitrogens with zero attached hydrogens (tertiary/aromatic N) is 3. The average Bonchev–Trinajstić information content (AvgIpc) is 3.34. The van der Waals surface area contributed by atoms with Gasteiger partial charge in [-0.05, 0) is 103 Å². The number of carbonyl (C=O) groups excluding carboxylic acids is 3. The van der Waals surface area contributed by atoms with Crippen molar-refractivity contribution in [2.75, 3.05) is 47.6 Å². The van der Waals surface area contributed by atoms with E-state index in [4.69, 9.17) is 16.2 Å². The molecule has 67 heavy (non-hydrogen) atoms. The van der Waals surface area contributed by atoms with E-state index >= 15 is 0 Å². The first-order chi connectivity index (χ1) is 32.4. The molecule has 4 aromatic carbocycles. The Kier molecular flexibility index (Phi) is 16.0. The summed E-state index contributed by atoms with van der Waals surface area (Å²) in [5.41, 5.74) is 17.0. The van der Waals surface area contributed by atoms with Crippen molar-refractivity contribution in [1.29, 1.82) is 0 Å². The lowest BCUT2D eigenvalue weighted by atomic mass is 9.89. The minimum absolute atomic E-state index is 0.112. The van der Waals surface area contributed by atoms with E-state index in [0.29, 0.717) is 47.8 Å². The van der Waals surface area contributed by atoms with Gasteiger partial charge in [0, 0.05) is 87.3 Å². The van der Waals surface area contributed by atoms with E-state index in [1.54, 1.807) is 18.2 Å². The van der Waals surface area contributed by atoms with Crippen LogP contribution < -0.4 is 32.7 Å². The van der Waals surface area contributed by atoms with Gasteiger partial charge in [-0.2, -0.15) is 0 Å². The van der Waals surface area contributed by atoms with Crippen molar-refractivity contribution in [3.05, 3.63) is 166 Å². The molecule has 2 aromatic heterocycles. The quantitative estimate of drug-likeness (QED) is 0.0579. The molecule has 0 saturated carbocycles. The molecule has 348 valence electrons. The molecule has 0 unspecified atom stereocenters. The van der Waals surface area contributed by atoms with Gasteiger partial charge in [0.05, 0.1) is 22.5 Å². The van der Waals surface area contributed by atoms with Crippen molar-refractivity contribution >= 4 is 52.1 Å². The van der Waals surface area contributed by atoms with Crippen LogP contribution in [-0.4, -0.2) is 58.9 Å². The summed E-state index contributed by atoms with van der Waals surface area (Å²) in [6, 6.07) is 29.5. The number of hydrogen-bond donors (Lipinski definition) is 6. The van der Waals surface area contributed by atoms with E-state index in [0.717, 1.165) is 68.9 Å². The molecule has 0 bridgehead atoms. The number of likely N-dealkylation sites (tertiary alicyclic amines) is 1. The Morgan fingerprint density at radius 2 is 1.22 bits per heavy atom. The number of hydrogen-bond acceptors (Lipinski definition) is 10. The van der Waals surface area contributed by atoms with Crippen LogP contribution in [0, 0.1) is 17.5 Å². The summed E-state index contributed by atoms with van der Waals surface area (Å²) in [5.74, 6) is -0.842. The van der Waals surface area contributed by atoms with E-state index < -0.39 is 23.4 Å². The zero-order chi connectivity index (χ0) is 47.3. The summed E-state index contributed by atoms with van der Waals surface area (Å²) in [4.78, 5) is 46.1. The highest BCUT2D eigenvalue weighted by Gasteiger charge is 2.23. The Morgan fingerprint density at radius 3 is 1.82 bits per heavy atom. The number of rotatable bonds is 15. The number of ether oxygens (including phenoxy) is 1. The SMILES string of the molecule is CCC(=O)N1CCC(c2ccc(Nc3cc(NCc4c(F)cccc4F)c(C(N)=O)cn3)cc2)CC1.NC(=O)c1cnc(Nc2cccc(C3CCOCC3)c2)cc1NCc1cccc(F)c1. The van der Waals surface area contributed by atoms with E-state index in [1.165, 1.54) is 53.9 Å². The minimum Gasteiger partial charge on any atom is -0.381 e. The topological polar surface area (TPSA) is 190 Å². The normalized spacial score (nSPS) is 14.1. The summed E-state index contributed by atoms with van der Waals surface area (Å²) < 4.78 is 46.9. The van der Waals surface area contributed by atoms with Crippen molar-refractivity contribution in [2.45, 2.75) is 64.0 Å². The van der Waals surface area contributed by atoms with Crippen LogP contribution in [-0.2, 0) is 22.6 Å². The molecule has 2 aliphatic rings. The third kappa shape index (κ3) is 12.9. The number of amides is 3. The van der Waals surface area contributed by atoms with Crippen LogP contribution in [0.15, 0.2) is 116 Å². The third-order valence-corrected chi connectivity index (χ3v) is 11.9. The molecular weight excluding hydrogens is 860 g/mol. The second-order valence-electron chi connectivity index (χ2n) is 16.4. The molecule has 13 nitrogen and oxygen atoms in total. The highest BCUT2D eigenvalue weighted by atomic mass is 19.1. The van der Waals surface area contributed by atoms with Crippen LogP contribution >= 0.6 is 0 Å². The van der Waals surface area contributed by atoms with E-state index in [9.17, 15) is 27.6 Å². The van der Waals surface area contributed by atoms with Gasteiger partial charge >= 0.3 is 0 Å². The van der Waals surface area contributed by atoms with Crippen LogP contribution in [0.5, 0.6) is 0 Å². The molecule has 0 aliphatic carbocycles.